The van der Waals surface area contributed by atoms with Crippen LogP contribution in [0.1, 0.15) is 5.56 Å². The maximum atomic E-state index is 11.0. The Morgan fingerprint density at radius 1 is 1.47 bits per heavy atom. The van der Waals surface area contributed by atoms with Gasteiger partial charge in [-0.1, -0.05) is 29.8 Å². The highest BCUT2D eigenvalue weighted by Crippen LogP contribution is 2.20. The van der Waals surface area contributed by atoms with Gasteiger partial charge < -0.3 is 14.9 Å². The van der Waals surface area contributed by atoms with Crippen LogP contribution in [-0.2, 0) is 16.0 Å². The SMILES string of the molecule is COC(=O)C(O)(O)Cc1ccccc1Cl. The number of hydrogen-bond acceptors (Lipinski definition) is 4. The van der Waals surface area contributed by atoms with Crippen LogP contribution in [0.3, 0.4) is 0 Å². The molecule has 0 aromatic heterocycles. The molecule has 1 aromatic rings. The Bertz CT molecular complexity index is 362. The standard InChI is InChI=1S/C10H11ClO4/c1-15-9(12)10(13,14)6-7-4-2-3-5-8(7)11/h2-5,13-14H,6H2,1H3. The molecule has 0 atom stereocenters. The largest absolute Gasteiger partial charge is 0.465 e. The van der Waals surface area contributed by atoms with E-state index in [0.29, 0.717) is 10.6 Å². The Morgan fingerprint density at radius 3 is 2.60 bits per heavy atom. The summed E-state index contributed by atoms with van der Waals surface area (Å²) >= 11 is 5.80. The first-order valence-electron chi connectivity index (χ1n) is 4.24. The summed E-state index contributed by atoms with van der Waals surface area (Å²) in [5, 5.41) is 19.1. The Labute approximate surface area is 92.1 Å². The second kappa shape index (κ2) is 4.61. The number of ether oxygens (including phenoxy) is 1. The van der Waals surface area contributed by atoms with Gasteiger partial charge in [-0.2, -0.15) is 0 Å². The van der Waals surface area contributed by atoms with Gasteiger partial charge in [0.15, 0.2) is 0 Å². The Hall–Kier alpha value is -1.10. The minimum atomic E-state index is -2.54. The fourth-order valence-corrected chi connectivity index (χ4v) is 1.35. The molecule has 1 rings (SSSR count). The molecule has 0 saturated heterocycles. The number of rotatable bonds is 3. The molecule has 0 aliphatic carbocycles. The van der Waals surface area contributed by atoms with Gasteiger partial charge in [0.25, 0.3) is 5.79 Å². The fraction of sp³-hybridized carbons (Fsp3) is 0.300. The number of aliphatic hydroxyl groups is 2. The summed E-state index contributed by atoms with van der Waals surface area (Å²) in [4.78, 5) is 11.0. The van der Waals surface area contributed by atoms with Gasteiger partial charge in [0.05, 0.1) is 7.11 Å². The van der Waals surface area contributed by atoms with E-state index in [9.17, 15) is 15.0 Å². The Balaban J connectivity index is 2.86. The summed E-state index contributed by atoms with van der Waals surface area (Å²) in [6.45, 7) is 0. The van der Waals surface area contributed by atoms with Gasteiger partial charge in [0, 0.05) is 11.4 Å². The van der Waals surface area contributed by atoms with Crippen LogP contribution in [0, 0.1) is 0 Å². The van der Waals surface area contributed by atoms with Crippen LogP contribution in [-0.4, -0.2) is 29.1 Å². The van der Waals surface area contributed by atoms with Crippen molar-refractivity contribution >= 4 is 17.6 Å². The third kappa shape index (κ3) is 2.92. The maximum absolute atomic E-state index is 11.0. The molecule has 0 unspecified atom stereocenters. The van der Waals surface area contributed by atoms with Gasteiger partial charge in [-0.15, -0.1) is 0 Å². The summed E-state index contributed by atoms with van der Waals surface area (Å²) in [5.41, 5.74) is 0.467. The van der Waals surface area contributed by atoms with Gasteiger partial charge in [0.1, 0.15) is 0 Å². The molecule has 0 fully saturated rings. The number of methoxy groups -OCH3 is 1. The quantitative estimate of drug-likeness (QED) is 0.594. The van der Waals surface area contributed by atoms with Crippen molar-refractivity contribution in [2.75, 3.05) is 7.11 Å². The van der Waals surface area contributed by atoms with Gasteiger partial charge in [0.2, 0.25) is 0 Å². The minimum absolute atomic E-state index is 0.306. The summed E-state index contributed by atoms with van der Waals surface area (Å²) in [6, 6.07) is 6.60. The van der Waals surface area contributed by atoms with E-state index < -0.39 is 11.8 Å². The third-order valence-corrected chi connectivity index (χ3v) is 2.28. The molecular weight excluding hydrogens is 220 g/mol. The second-order valence-corrected chi connectivity index (χ2v) is 3.48. The minimum Gasteiger partial charge on any atom is -0.465 e. The predicted octanol–water partition coefficient (Wildman–Crippen LogP) is 0.736. The Kier molecular flexibility index (Phi) is 3.68. The van der Waals surface area contributed by atoms with E-state index in [4.69, 9.17) is 11.6 Å². The highest BCUT2D eigenvalue weighted by Gasteiger charge is 2.35. The molecule has 1 aromatic carbocycles. The predicted molar refractivity (Wildman–Crippen MR) is 54.3 cm³/mol. The molecule has 0 spiro atoms. The first-order chi connectivity index (χ1) is 6.97. The van der Waals surface area contributed by atoms with Crippen molar-refractivity contribution in [3.63, 3.8) is 0 Å². The molecule has 0 bridgehead atoms. The van der Waals surface area contributed by atoms with E-state index in [2.05, 4.69) is 4.74 Å². The van der Waals surface area contributed by atoms with Crippen LogP contribution in [0.2, 0.25) is 5.02 Å². The lowest BCUT2D eigenvalue weighted by Crippen LogP contribution is -2.41. The number of esters is 1. The molecule has 2 N–H and O–H groups in total. The Morgan fingerprint density at radius 2 is 2.07 bits per heavy atom. The van der Waals surface area contributed by atoms with Gasteiger partial charge in [-0.25, -0.2) is 4.79 Å². The van der Waals surface area contributed by atoms with E-state index in [1.165, 1.54) is 0 Å². The summed E-state index contributed by atoms with van der Waals surface area (Å²) < 4.78 is 4.25. The number of carbonyl (C=O) groups is 1. The van der Waals surface area contributed by atoms with Crippen molar-refractivity contribution in [1.29, 1.82) is 0 Å². The van der Waals surface area contributed by atoms with Crippen LogP contribution in [0.5, 0.6) is 0 Å². The van der Waals surface area contributed by atoms with Crippen LogP contribution < -0.4 is 0 Å². The third-order valence-electron chi connectivity index (χ3n) is 1.91. The van der Waals surface area contributed by atoms with Crippen molar-refractivity contribution in [2.24, 2.45) is 0 Å². The lowest BCUT2D eigenvalue weighted by atomic mass is 10.1. The molecule has 4 nitrogen and oxygen atoms in total. The maximum Gasteiger partial charge on any atom is 0.366 e. The van der Waals surface area contributed by atoms with E-state index in [1.807, 2.05) is 0 Å². The van der Waals surface area contributed by atoms with E-state index in [-0.39, 0.29) is 6.42 Å². The van der Waals surface area contributed by atoms with E-state index in [0.717, 1.165) is 7.11 Å². The molecular formula is C10H11ClO4. The zero-order chi connectivity index (χ0) is 11.5. The summed E-state index contributed by atoms with van der Waals surface area (Å²) in [5.74, 6) is -3.65. The lowest BCUT2D eigenvalue weighted by Gasteiger charge is -2.18. The van der Waals surface area contributed by atoms with E-state index >= 15 is 0 Å². The smallest absolute Gasteiger partial charge is 0.366 e. The lowest BCUT2D eigenvalue weighted by molar-refractivity contribution is -0.206. The normalized spacial score (nSPS) is 11.2. The van der Waals surface area contributed by atoms with Gasteiger partial charge in [-0.05, 0) is 11.6 Å². The van der Waals surface area contributed by atoms with Crippen molar-refractivity contribution < 1.29 is 19.7 Å². The van der Waals surface area contributed by atoms with Crippen LogP contribution in [0.15, 0.2) is 24.3 Å². The molecule has 82 valence electrons. The molecule has 15 heavy (non-hydrogen) atoms. The van der Waals surface area contributed by atoms with Crippen molar-refractivity contribution in [2.45, 2.75) is 12.2 Å². The highest BCUT2D eigenvalue weighted by molar-refractivity contribution is 6.31. The zero-order valence-electron chi connectivity index (χ0n) is 8.11. The molecule has 0 heterocycles. The number of benzene rings is 1. The van der Waals surface area contributed by atoms with Crippen molar-refractivity contribution in [3.05, 3.63) is 34.9 Å². The average molecular weight is 231 g/mol. The molecule has 5 heteroatoms. The first kappa shape index (κ1) is 12.0. The van der Waals surface area contributed by atoms with Crippen LogP contribution in [0.4, 0.5) is 0 Å². The first-order valence-corrected chi connectivity index (χ1v) is 4.62. The van der Waals surface area contributed by atoms with Crippen molar-refractivity contribution in [3.8, 4) is 0 Å². The molecule has 0 aliphatic rings. The van der Waals surface area contributed by atoms with Crippen LogP contribution in [0.25, 0.3) is 0 Å². The van der Waals surface area contributed by atoms with Crippen LogP contribution >= 0.6 is 11.6 Å². The molecule has 0 radical (unpaired) electrons. The number of carbonyl (C=O) groups excluding carboxylic acids is 1. The van der Waals surface area contributed by atoms with Gasteiger partial charge in [-0.3, -0.25) is 0 Å². The topological polar surface area (TPSA) is 66.8 Å². The molecule has 0 saturated carbocycles. The molecule has 0 aliphatic heterocycles. The summed E-state index contributed by atoms with van der Waals surface area (Å²) in [6.07, 6.45) is -0.306. The fourth-order valence-electron chi connectivity index (χ4n) is 1.14. The average Bonchev–Trinajstić information content (AvgIpc) is 2.20. The number of hydrogen-bond donors (Lipinski definition) is 2. The zero-order valence-corrected chi connectivity index (χ0v) is 8.86. The van der Waals surface area contributed by atoms with Gasteiger partial charge >= 0.3 is 5.97 Å². The molecule has 0 amide bonds. The summed E-state index contributed by atoms with van der Waals surface area (Å²) in [7, 11) is 1.08. The second-order valence-electron chi connectivity index (χ2n) is 3.08. The highest BCUT2D eigenvalue weighted by atomic mass is 35.5. The number of halogens is 1. The van der Waals surface area contributed by atoms with E-state index in [1.54, 1.807) is 24.3 Å². The monoisotopic (exact) mass is 230 g/mol. The van der Waals surface area contributed by atoms with Crippen molar-refractivity contribution in [1.82, 2.24) is 0 Å².